The highest BCUT2D eigenvalue weighted by Gasteiger charge is 2.33. The van der Waals surface area contributed by atoms with Crippen molar-refractivity contribution in [3.05, 3.63) is 0 Å². The van der Waals surface area contributed by atoms with Crippen molar-refractivity contribution in [2.24, 2.45) is 0 Å². The Morgan fingerprint density at radius 3 is 1.82 bits per heavy atom. The lowest BCUT2D eigenvalue weighted by Crippen LogP contribution is -2.58. The van der Waals surface area contributed by atoms with E-state index in [9.17, 15) is 0 Å². The van der Waals surface area contributed by atoms with Crippen LogP contribution in [0.15, 0.2) is 0 Å². The zero-order chi connectivity index (χ0) is 9.12. The Balaban J connectivity index is 4.33. The van der Waals surface area contributed by atoms with Gasteiger partial charge >= 0.3 is 0 Å². The zero-order valence-corrected chi connectivity index (χ0v) is 8.52. The Morgan fingerprint density at radius 1 is 1.27 bits per heavy atom. The van der Waals surface area contributed by atoms with Crippen LogP contribution in [0.5, 0.6) is 0 Å². The van der Waals surface area contributed by atoms with E-state index in [1.807, 2.05) is 0 Å². The number of quaternary nitrogens is 1. The summed E-state index contributed by atoms with van der Waals surface area (Å²) in [7, 11) is 2.19. The Bertz CT molecular complexity index is 117. The van der Waals surface area contributed by atoms with Crippen molar-refractivity contribution in [2.45, 2.75) is 33.2 Å². The predicted molar refractivity (Wildman–Crippen MR) is 48.4 cm³/mol. The molecule has 0 aliphatic heterocycles. The van der Waals surface area contributed by atoms with E-state index in [-0.39, 0.29) is 12.1 Å². The molecule has 1 atom stereocenters. The van der Waals surface area contributed by atoms with Gasteiger partial charge in [-0.25, -0.2) is 0 Å². The van der Waals surface area contributed by atoms with E-state index in [2.05, 4.69) is 34.7 Å². The summed E-state index contributed by atoms with van der Waals surface area (Å²) < 4.78 is 0.934. The minimum absolute atomic E-state index is 0.234. The normalized spacial score (nSPS) is 18.0. The number of aliphatic hydroxyl groups is 1. The Hall–Kier alpha value is -0.0800. The second-order valence-corrected chi connectivity index (χ2v) is 4.33. The van der Waals surface area contributed by atoms with E-state index < -0.39 is 0 Å². The molecule has 0 rings (SSSR count). The van der Waals surface area contributed by atoms with Crippen LogP contribution >= 0.6 is 0 Å². The van der Waals surface area contributed by atoms with Crippen molar-refractivity contribution >= 4 is 0 Å². The van der Waals surface area contributed by atoms with Crippen molar-refractivity contribution in [3.63, 3.8) is 0 Å². The fraction of sp³-hybridized carbons (Fsp3) is 1.00. The summed E-state index contributed by atoms with van der Waals surface area (Å²) in [6.07, 6.45) is 0. The largest absolute Gasteiger partial charge is 0.391 e. The summed E-state index contributed by atoms with van der Waals surface area (Å²) in [5.74, 6) is 0. The van der Waals surface area contributed by atoms with Crippen LogP contribution in [-0.2, 0) is 0 Å². The first-order valence-electron chi connectivity index (χ1n) is 4.33. The van der Waals surface area contributed by atoms with Gasteiger partial charge in [0.2, 0.25) is 0 Å². The lowest BCUT2D eigenvalue weighted by Gasteiger charge is -2.44. The molecule has 1 unspecified atom stereocenters. The van der Waals surface area contributed by atoms with Gasteiger partial charge in [-0.1, -0.05) is 0 Å². The van der Waals surface area contributed by atoms with Crippen LogP contribution in [-0.4, -0.2) is 41.9 Å². The molecule has 0 aromatic carbocycles. The van der Waals surface area contributed by atoms with Gasteiger partial charge in [-0.05, 0) is 27.7 Å². The molecule has 2 heteroatoms. The van der Waals surface area contributed by atoms with Crippen molar-refractivity contribution < 1.29 is 9.59 Å². The van der Waals surface area contributed by atoms with E-state index in [1.54, 1.807) is 0 Å². The van der Waals surface area contributed by atoms with E-state index in [4.69, 9.17) is 5.11 Å². The molecule has 11 heavy (non-hydrogen) atoms. The molecule has 0 aliphatic carbocycles. The summed E-state index contributed by atoms with van der Waals surface area (Å²) in [4.78, 5) is 0. The van der Waals surface area contributed by atoms with Crippen molar-refractivity contribution in [3.8, 4) is 0 Å². The third kappa shape index (κ3) is 2.46. The fourth-order valence-electron chi connectivity index (χ4n) is 1.19. The van der Waals surface area contributed by atoms with Gasteiger partial charge in [0.15, 0.2) is 0 Å². The number of nitrogens with zero attached hydrogens (tertiary/aromatic N) is 1. The zero-order valence-electron chi connectivity index (χ0n) is 8.52. The van der Waals surface area contributed by atoms with Gasteiger partial charge in [-0.3, -0.25) is 0 Å². The molecule has 0 fully saturated rings. The van der Waals surface area contributed by atoms with Crippen LogP contribution in [0.4, 0.5) is 0 Å². The van der Waals surface area contributed by atoms with Gasteiger partial charge in [-0.15, -0.1) is 0 Å². The molecule has 0 amide bonds. The quantitative estimate of drug-likeness (QED) is 0.616. The lowest BCUT2D eigenvalue weighted by atomic mass is 10.0. The van der Waals surface area contributed by atoms with Gasteiger partial charge in [0.1, 0.15) is 6.54 Å². The topological polar surface area (TPSA) is 20.2 Å². The molecule has 2 nitrogen and oxygen atoms in total. The molecule has 1 N–H and O–H groups in total. The van der Waals surface area contributed by atoms with E-state index >= 15 is 0 Å². The molecular formula is C9H22NO+. The first-order valence-corrected chi connectivity index (χ1v) is 4.33. The maximum Gasteiger partial charge on any atom is 0.102 e. The molecule has 0 radical (unpaired) electrons. The Morgan fingerprint density at radius 2 is 1.73 bits per heavy atom. The van der Waals surface area contributed by atoms with Crippen LogP contribution in [0.1, 0.15) is 27.7 Å². The molecule has 0 aromatic heterocycles. The van der Waals surface area contributed by atoms with E-state index in [0.29, 0.717) is 0 Å². The summed E-state index contributed by atoms with van der Waals surface area (Å²) in [6, 6.07) is 0. The predicted octanol–water partition coefficient (Wildman–Crippen LogP) is 1.24. The van der Waals surface area contributed by atoms with Crippen LogP contribution in [0, 0.1) is 0 Å². The number of hydrogen-bond acceptors (Lipinski definition) is 1. The molecule has 0 saturated carbocycles. The van der Waals surface area contributed by atoms with Crippen molar-refractivity contribution in [2.75, 3.05) is 26.7 Å². The molecule has 0 aromatic rings. The van der Waals surface area contributed by atoms with Gasteiger partial charge in [0, 0.05) is 0 Å². The summed E-state index contributed by atoms with van der Waals surface area (Å²) in [6.45, 7) is 11.0. The first kappa shape index (κ1) is 10.9. The SMILES string of the molecule is CC[N+](C)(CCO)C(C)(C)C. The molecule has 0 aliphatic rings. The summed E-state index contributed by atoms with van der Waals surface area (Å²) in [5.41, 5.74) is 0.234. The van der Waals surface area contributed by atoms with Crippen molar-refractivity contribution in [1.29, 1.82) is 0 Å². The van der Waals surface area contributed by atoms with Crippen LogP contribution in [0.3, 0.4) is 0 Å². The van der Waals surface area contributed by atoms with Crippen LogP contribution in [0.25, 0.3) is 0 Å². The second-order valence-electron chi connectivity index (χ2n) is 4.33. The number of rotatable bonds is 3. The average Bonchev–Trinajstić information content (AvgIpc) is 1.86. The number of aliphatic hydroxyl groups excluding tert-OH is 1. The second kappa shape index (κ2) is 3.55. The highest BCUT2D eigenvalue weighted by Crippen LogP contribution is 2.20. The van der Waals surface area contributed by atoms with Gasteiger partial charge in [0.05, 0.1) is 25.7 Å². The molecule has 0 bridgehead atoms. The van der Waals surface area contributed by atoms with E-state index in [0.717, 1.165) is 17.6 Å². The Kier molecular flexibility index (Phi) is 3.52. The molecule has 68 valence electrons. The summed E-state index contributed by atoms with van der Waals surface area (Å²) >= 11 is 0. The first-order chi connectivity index (χ1) is 4.87. The van der Waals surface area contributed by atoms with Gasteiger partial charge in [-0.2, -0.15) is 0 Å². The smallest absolute Gasteiger partial charge is 0.102 e. The fourth-order valence-corrected chi connectivity index (χ4v) is 1.19. The molecule has 0 saturated heterocycles. The van der Waals surface area contributed by atoms with Crippen molar-refractivity contribution in [1.82, 2.24) is 0 Å². The highest BCUT2D eigenvalue weighted by molar-refractivity contribution is 4.61. The maximum absolute atomic E-state index is 8.88. The minimum atomic E-state index is 0.234. The van der Waals surface area contributed by atoms with Gasteiger partial charge in [0.25, 0.3) is 0 Å². The maximum atomic E-state index is 8.88. The van der Waals surface area contributed by atoms with Crippen LogP contribution < -0.4 is 0 Å². The van der Waals surface area contributed by atoms with Gasteiger partial charge < -0.3 is 9.59 Å². The standard InChI is InChI=1S/C9H22NO/c1-6-10(5,7-8-11)9(2,3)4/h11H,6-8H2,1-5H3/q+1. The monoisotopic (exact) mass is 160 g/mol. The van der Waals surface area contributed by atoms with E-state index in [1.165, 1.54) is 0 Å². The minimum Gasteiger partial charge on any atom is -0.391 e. The average molecular weight is 160 g/mol. The number of hydrogen-bond donors (Lipinski definition) is 1. The van der Waals surface area contributed by atoms with Crippen LogP contribution in [0.2, 0.25) is 0 Å². The molecule has 0 heterocycles. The molecular weight excluding hydrogens is 138 g/mol. The lowest BCUT2D eigenvalue weighted by molar-refractivity contribution is -0.952. The highest BCUT2D eigenvalue weighted by atomic mass is 16.3. The third-order valence-corrected chi connectivity index (χ3v) is 2.91. The molecule has 0 spiro atoms. The Labute approximate surface area is 70.4 Å². The number of likely N-dealkylation sites (N-methyl/N-ethyl adjacent to an activating group) is 1. The third-order valence-electron chi connectivity index (χ3n) is 2.91. The summed E-state index contributed by atoms with van der Waals surface area (Å²) in [5, 5.41) is 8.88.